The molecule has 0 spiro atoms. The van der Waals surface area contributed by atoms with Crippen LogP contribution in [0.3, 0.4) is 0 Å². The fraction of sp³-hybridized carbons (Fsp3) is 0.538. The van der Waals surface area contributed by atoms with Gasteiger partial charge in [0.1, 0.15) is 11.6 Å². The molecule has 2 unspecified atom stereocenters. The minimum Gasteiger partial charge on any atom is -0.387 e. The van der Waals surface area contributed by atoms with Crippen LogP contribution in [0, 0.1) is 11.6 Å². The van der Waals surface area contributed by atoms with Crippen LogP contribution in [-0.4, -0.2) is 30.4 Å². The Labute approximate surface area is 105 Å². The van der Waals surface area contributed by atoms with Crippen molar-refractivity contribution in [1.82, 2.24) is 5.32 Å². The van der Waals surface area contributed by atoms with Crippen LogP contribution in [0.15, 0.2) is 18.2 Å². The zero-order chi connectivity index (χ0) is 13.2. The predicted octanol–water partition coefficient (Wildman–Crippen LogP) is 1.77. The summed E-state index contributed by atoms with van der Waals surface area (Å²) < 4.78 is 31.5. The quantitative estimate of drug-likeness (QED) is 0.863. The number of hydrogen-bond acceptors (Lipinski definition) is 3. The Hall–Kier alpha value is -1.04. The summed E-state index contributed by atoms with van der Waals surface area (Å²) in [5, 5.41) is 13.1. The topological polar surface area (TPSA) is 41.5 Å². The molecule has 1 aromatic rings. The summed E-state index contributed by atoms with van der Waals surface area (Å²) in [5.74, 6) is -1.37. The molecule has 2 rings (SSSR count). The van der Waals surface area contributed by atoms with Crippen molar-refractivity contribution in [2.24, 2.45) is 0 Å². The minimum absolute atomic E-state index is 0.103. The van der Waals surface area contributed by atoms with E-state index in [1.807, 2.05) is 6.92 Å². The summed E-state index contributed by atoms with van der Waals surface area (Å²) in [6.45, 7) is 3.46. The molecule has 3 nitrogen and oxygen atoms in total. The van der Waals surface area contributed by atoms with Gasteiger partial charge in [0.05, 0.1) is 12.7 Å². The smallest absolute Gasteiger partial charge is 0.131 e. The van der Waals surface area contributed by atoms with Crippen LogP contribution >= 0.6 is 0 Å². The van der Waals surface area contributed by atoms with Crippen molar-refractivity contribution >= 4 is 0 Å². The zero-order valence-corrected chi connectivity index (χ0v) is 10.2. The van der Waals surface area contributed by atoms with Gasteiger partial charge in [-0.25, -0.2) is 8.78 Å². The molecule has 1 aliphatic rings. The Morgan fingerprint density at radius 2 is 2.28 bits per heavy atom. The first-order valence-electron chi connectivity index (χ1n) is 5.96. The number of halogens is 2. The highest BCUT2D eigenvalue weighted by atomic mass is 19.1. The lowest BCUT2D eigenvalue weighted by molar-refractivity contribution is 0.139. The standard InChI is InChI=1S/C13H17F2NO2/c1-13(4-5-18-8-13)16-7-12(17)10-3-2-9(14)6-11(10)15/h2-3,6,12,16-17H,4-5,7-8H2,1H3. The van der Waals surface area contributed by atoms with Crippen LogP contribution in [0.1, 0.15) is 25.0 Å². The molecular formula is C13H17F2NO2. The van der Waals surface area contributed by atoms with Gasteiger partial charge in [0.25, 0.3) is 0 Å². The molecule has 1 fully saturated rings. The fourth-order valence-electron chi connectivity index (χ4n) is 2.03. The second-order valence-corrected chi connectivity index (χ2v) is 4.93. The van der Waals surface area contributed by atoms with Gasteiger partial charge < -0.3 is 15.2 Å². The average molecular weight is 257 g/mol. The van der Waals surface area contributed by atoms with E-state index in [1.165, 1.54) is 6.07 Å². The van der Waals surface area contributed by atoms with Gasteiger partial charge in [-0.1, -0.05) is 6.07 Å². The summed E-state index contributed by atoms with van der Waals surface area (Å²) in [4.78, 5) is 0. The highest BCUT2D eigenvalue weighted by Gasteiger charge is 2.29. The van der Waals surface area contributed by atoms with Crippen LogP contribution < -0.4 is 5.32 Å². The van der Waals surface area contributed by atoms with Gasteiger partial charge in [0.2, 0.25) is 0 Å². The average Bonchev–Trinajstić information content (AvgIpc) is 2.74. The Kier molecular flexibility index (Phi) is 3.94. The summed E-state index contributed by atoms with van der Waals surface area (Å²) in [5.41, 5.74) is -0.0799. The number of hydrogen-bond donors (Lipinski definition) is 2. The summed E-state index contributed by atoms with van der Waals surface area (Å²) in [7, 11) is 0. The molecule has 18 heavy (non-hydrogen) atoms. The second-order valence-electron chi connectivity index (χ2n) is 4.93. The molecule has 0 aliphatic carbocycles. The lowest BCUT2D eigenvalue weighted by Crippen LogP contribution is -2.44. The molecule has 0 amide bonds. The van der Waals surface area contributed by atoms with Gasteiger partial charge in [-0.2, -0.15) is 0 Å². The minimum atomic E-state index is -0.997. The van der Waals surface area contributed by atoms with Crippen LogP contribution in [0.2, 0.25) is 0 Å². The van der Waals surface area contributed by atoms with E-state index in [0.29, 0.717) is 13.2 Å². The van der Waals surface area contributed by atoms with Gasteiger partial charge in [0, 0.05) is 30.3 Å². The zero-order valence-electron chi connectivity index (χ0n) is 10.2. The maximum absolute atomic E-state index is 13.4. The molecule has 0 bridgehead atoms. The van der Waals surface area contributed by atoms with Gasteiger partial charge in [-0.05, 0) is 19.4 Å². The molecule has 0 radical (unpaired) electrons. The van der Waals surface area contributed by atoms with E-state index >= 15 is 0 Å². The van der Waals surface area contributed by atoms with E-state index < -0.39 is 17.7 Å². The van der Waals surface area contributed by atoms with E-state index in [-0.39, 0.29) is 17.6 Å². The summed E-state index contributed by atoms with van der Waals surface area (Å²) in [6, 6.07) is 3.19. The van der Waals surface area contributed by atoms with Gasteiger partial charge in [-0.15, -0.1) is 0 Å². The molecule has 5 heteroatoms. The molecule has 0 saturated carbocycles. The van der Waals surface area contributed by atoms with E-state index in [0.717, 1.165) is 18.6 Å². The Bertz CT molecular complexity index is 419. The van der Waals surface area contributed by atoms with E-state index in [9.17, 15) is 13.9 Å². The summed E-state index contributed by atoms with van der Waals surface area (Å²) >= 11 is 0. The van der Waals surface area contributed by atoms with Crippen LogP contribution in [-0.2, 0) is 4.74 Å². The molecule has 0 aromatic heterocycles. The molecule has 1 aromatic carbocycles. The third kappa shape index (κ3) is 3.04. The molecular weight excluding hydrogens is 240 g/mol. The first-order chi connectivity index (χ1) is 8.50. The van der Waals surface area contributed by atoms with E-state index in [1.54, 1.807) is 0 Å². The highest BCUT2D eigenvalue weighted by molar-refractivity contribution is 5.21. The number of benzene rings is 1. The van der Waals surface area contributed by atoms with Gasteiger partial charge >= 0.3 is 0 Å². The van der Waals surface area contributed by atoms with Crippen molar-refractivity contribution < 1.29 is 18.6 Å². The van der Waals surface area contributed by atoms with Gasteiger partial charge in [0.15, 0.2) is 0 Å². The first kappa shape index (κ1) is 13.4. The number of aliphatic hydroxyl groups excluding tert-OH is 1. The lowest BCUT2D eigenvalue weighted by Gasteiger charge is -2.25. The van der Waals surface area contributed by atoms with Crippen LogP contribution in [0.25, 0.3) is 0 Å². The molecule has 1 aliphatic heterocycles. The van der Waals surface area contributed by atoms with Crippen LogP contribution in [0.4, 0.5) is 8.78 Å². The Morgan fingerprint density at radius 3 is 2.89 bits per heavy atom. The third-order valence-electron chi connectivity index (χ3n) is 3.26. The van der Waals surface area contributed by atoms with E-state index in [4.69, 9.17) is 4.74 Å². The van der Waals surface area contributed by atoms with Crippen molar-refractivity contribution in [3.8, 4) is 0 Å². The first-order valence-corrected chi connectivity index (χ1v) is 5.96. The number of β-amino-alcohol motifs (C(OH)–C–C–N with tert-alkyl or cyclic N) is 1. The number of aliphatic hydroxyl groups is 1. The maximum Gasteiger partial charge on any atom is 0.131 e. The largest absolute Gasteiger partial charge is 0.387 e. The molecule has 2 atom stereocenters. The molecule has 1 heterocycles. The predicted molar refractivity (Wildman–Crippen MR) is 63.2 cm³/mol. The monoisotopic (exact) mass is 257 g/mol. The van der Waals surface area contributed by atoms with Crippen molar-refractivity contribution in [2.75, 3.05) is 19.8 Å². The number of nitrogens with one attached hydrogen (secondary N) is 1. The molecule has 2 N–H and O–H groups in total. The third-order valence-corrected chi connectivity index (χ3v) is 3.26. The molecule has 1 saturated heterocycles. The van der Waals surface area contributed by atoms with Crippen molar-refractivity contribution in [3.05, 3.63) is 35.4 Å². The molecule has 100 valence electrons. The maximum atomic E-state index is 13.4. The number of rotatable bonds is 4. The Morgan fingerprint density at radius 1 is 1.50 bits per heavy atom. The Balaban J connectivity index is 1.97. The lowest BCUT2D eigenvalue weighted by atomic mass is 10.0. The van der Waals surface area contributed by atoms with Crippen molar-refractivity contribution in [1.29, 1.82) is 0 Å². The summed E-state index contributed by atoms with van der Waals surface area (Å²) in [6.07, 6.45) is -0.144. The van der Waals surface area contributed by atoms with Crippen molar-refractivity contribution in [2.45, 2.75) is 25.0 Å². The van der Waals surface area contributed by atoms with Crippen LogP contribution in [0.5, 0.6) is 0 Å². The highest BCUT2D eigenvalue weighted by Crippen LogP contribution is 2.21. The normalized spacial score (nSPS) is 25.3. The number of ether oxygens (including phenoxy) is 1. The van der Waals surface area contributed by atoms with Gasteiger partial charge in [-0.3, -0.25) is 0 Å². The fourth-order valence-corrected chi connectivity index (χ4v) is 2.03. The van der Waals surface area contributed by atoms with E-state index in [2.05, 4.69) is 5.32 Å². The second kappa shape index (κ2) is 5.30. The SMILES string of the molecule is CC1(NCC(O)c2ccc(F)cc2F)CCOC1. The van der Waals surface area contributed by atoms with Crippen molar-refractivity contribution in [3.63, 3.8) is 0 Å².